The minimum Gasteiger partial charge on any atom is -0.460 e. The molecule has 168 valence electrons. The Bertz CT molecular complexity index is 799. The van der Waals surface area contributed by atoms with Gasteiger partial charge in [-0.1, -0.05) is 87.4 Å². The summed E-state index contributed by atoms with van der Waals surface area (Å²) in [5.74, 6) is -1.51. The van der Waals surface area contributed by atoms with Crippen LogP contribution in [0.5, 0.6) is 0 Å². The summed E-state index contributed by atoms with van der Waals surface area (Å²) in [6.07, 6.45) is 1.34. The number of hydrogen-bond donors (Lipinski definition) is 1. The van der Waals surface area contributed by atoms with Crippen LogP contribution in [-0.2, 0) is 36.8 Å². The van der Waals surface area contributed by atoms with Crippen LogP contribution in [0.2, 0.25) is 0 Å². The maximum Gasteiger partial charge on any atom is 0.319 e. The van der Waals surface area contributed by atoms with Crippen molar-refractivity contribution in [1.82, 2.24) is 0 Å². The topological polar surface area (TPSA) is 89.9 Å². The lowest BCUT2D eigenvalue weighted by atomic mass is 10.2. The van der Waals surface area contributed by atoms with E-state index < -0.39 is 30.6 Å². The Labute approximate surface area is 184 Å². The molecule has 2 aromatic rings. The average molecular weight is 446 g/mol. The van der Waals surface area contributed by atoms with Crippen molar-refractivity contribution in [2.24, 2.45) is 0 Å². The third-order valence-corrected chi connectivity index (χ3v) is 7.73. The Morgan fingerprint density at radius 2 is 1.13 bits per heavy atom. The van der Waals surface area contributed by atoms with Gasteiger partial charge in [0.2, 0.25) is 7.37 Å². The summed E-state index contributed by atoms with van der Waals surface area (Å²) in [6.45, 7) is 3.66. The minimum absolute atomic E-state index is 0.0107. The summed E-state index contributed by atoms with van der Waals surface area (Å²) >= 11 is 0. The molecule has 0 fully saturated rings. The number of benzene rings is 2. The average Bonchev–Trinajstić information content (AvgIpc) is 2.79. The van der Waals surface area contributed by atoms with Crippen LogP contribution in [-0.4, -0.2) is 28.2 Å². The van der Waals surface area contributed by atoms with E-state index in [1.165, 1.54) is 0 Å². The third kappa shape index (κ3) is 7.34. The lowest BCUT2D eigenvalue weighted by molar-refractivity contribution is -0.145. The fourth-order valence-corrected chi connectivity index (χ4v) is 5.77. The van der Waals surface area contributed by atoms with Crippen LogP contribution in [0.1, 0.15) is 50.7 Å². The number of carbonyl (C=O) groups is 2. The molecule has 0 saturated heterocycles. The summed E-state index contributed by atoms with van der Waals surface area (Å²) < 4.78 is 24.1. The van der Waals surface area contributed by atoms with E-state index in [4.69, 9.17) is 9.47 Å². The van der Waals surface area contributed by atoms with Gasteiger partial charge < -0.3 is 14.4 Å². The fourth-order valence-electron chi connectivity index (χ4n) is 3.32. The van der Waals surface area contributed by atoms with Gasteiger partial charge in [0.25, 0.3) is 0 Å². The molecular formula is C24H31O6P. The fraction of sp³-hybridized carbons (Fsp3) is 0.417. The predicted molar refractivity (Wildman–Crippen MR) is 120 cm³/mol. The highest BCUT2D eigenvalue weighted by atomic mass is 31.2. The number of esters is 2. The van der Waals surface area contributed by atoms with Crippen molar-refractivity contribution in [3.63, 3.8) is 0 Å². The first-order valence-electron chi connectivity index (χ1n) is 10.6. The van der Waals surface area contributed by atoms with E-state index in [1.54, 1.807) is 0 Å². The van der Waals surface area contributed by atoms with Gasteiger partial charge in [0.15, 0.2) is 0 Å². The van der Waals surface area contributed by atoms with Gasteiger partial charge in [-0.2, -0.15) is 0 Å². The van der Waals surface area contributed by atoms with Crippen LogP contribution in [0.15, 0.2) is 60.7 Å². The van der Waals surface area contributed by atoms with Gasteiger partial charge in [-0.25, -0.2) is 0 Å². The van der Waals surface area contributed by atoms with Crippen LogP contribution in [0.3, 0.4) is 0 Å². The van der Waals surface area contributed by atoms with Crippen molar-refractivity contribution < 1.29 is 28.5 Å². The molecule has 6 nitrogen and oxygen atoms in total. The highest BCUT2D eigenvalue weighted by Gasteiger charge is 2.47. The Kier molecular flexibility index (Phi) is 9.96. The summed E-state index contributed by atoms with van der Waals surface area (Å²) in [5.41, 5.74) is -0.957. The smallest absolute Gasteiger partial charge is 0.319 e. The maximum absolute atomic E-state index is 13.5. The molecule has 0 amide bonds. The standard InChI is InChI=1S/C24H31O6P/c1-3-11-21(23(25)29-17-19-13-7-5-8-14-19)31(27,28)22(12-4-2)24(26)30-18-20-15-9-6-10-16-20/h5-10,13-16,21-22H,3-4,11-12,17-18H2,1-2H3,(H,27,28). The minimum atomic E-state index is -4.25. The van der Waals surface area contributed by atoms with Crippen molar-refractivity contribution in [2.45, 2.75) is 64.1 Å². The van der Waals surface area contributed by atoms with E-state index in [2.05, 4.69) is 0 Å². The molecule has 1 N–H and O–H groups in total. The van der Waals surface area contributed by atoms with Gasteiger partial charge in [-0.3, -0.25) is 14.2 Å². The van der Waals surface area contributed by atoms with Crippen molar-refractivity contribution in [2.75, 3.05) is 0 Å². The molecule has 0 radical (unpaired) electrons. The van der Waals surface area contributed by atoms with Crippen molar-refractivity contribution in [1.29, 1.82) is 0 Å². The van der Waals surface area contributed by atoms with E-state index in [9.17, 15) is 19.0 Å². The Balaban J connectivity index is 2.13. The van der Waals surface area contributed by atoms with Crippen LogP contribution in [0, 0.1) is 0 Å². The molecule has 2 aromatic carbocycles. The SMILES string of the molecule is CCCC(C(=O)OCc1ccccc1)P(=O)(O)C(CCC)C(=O)OCc1ccccc1. The van der Waals surface area contributed by atoms with Crippen molar-refractivity contribution in [3.05, 3.63) is 71.8 Å². The Morgan fingerprint density at radius 3 is 1.45 bits per heavy atom. The molecule has 0 aromatic heterocycles. The van der Waals surface area contributed by atoms with Crippen molar-refractivity contribution in [3.8, 4) is 0 Å². The lowest BCUT2D eigenvalue weighted by Gasteiger charge is -2.27. The van der Waals surface area contributed by atoms with E-state index >= 15 is 0 Å². The van der Waals surface area contributed by atoms with Crippen LogP contribution in [0.25, 0.3) is 0 Å². The maximum atomic E-state index is 13.5. The highest BCUT2D eigenvalue weighted by molar-refractivity contribution is 7.61. The predicted octanol–water partition coefficient (Wildman–Crippen LogP) is 5.08. The van der Waals surface area contributed by atoms with E-state index in [0.717, 1.165) is 11.1 Å². The van der Waals surface area contributed by atoms with E-state index in [0.29, 0.717) is 12.8 Å². The third-order valence-electron chi connectivity index (χ3n) is 5.01. The Morgan fingerprint density at radius 1 is 0.774 bits per heavy atom. The highest BCUT2D eigenvalue weighted by Crippen LogP contribution is 2.55. The zero-order valence-electron chi connectivity index (χ0n) is 18.1. The van der Waals surface area contributed by atoms with Crippen LogP contribution in [0.4, 0.5) is 0 Å². The van der Waals surface area contributed by atoms with Crippen molar-refractivity contribution >= 4 is 19.3 Å². The zero-order chi connectivity index (χ0) is 22.7. The normalized spacial score (nSPS) is 14.8. The molecule has 0 aliphatic carbocycles. The lowest BCUT2D eigenvalue weighted by Crippen LogP contribution is -2.33. The number of carbonyl (C=O) groups excluding carboxylic acids is 2. The molecule has 31 heavy (non-hydrogen) atoms. The second-order valence-corrected chi connectivity index (χ2v) is 10.1. The molecule has 2 unspecified atom stereocenters. The van der Waals surface area contributed by atoms with Crippen LogP contribution < -0.4 is 0 Å². The molecule has 0 aliphatic rings. The second-order valence-electron chi connectivity index (χ2n) is 7.47. The number of hydrogen-bond acceptors (Lipinski definition) is 5. The van der Waals surface area contributed by atoms with Crippen LogP contribution >= 0.6 is 7.37 Å². The van der Waals surface area contributed by atoms with Gasteiger partial charge in [0.05, 0.1) is 0 Å². The number of rotatable bonds is 12. The summed E-state index contributed by atoms with van der Waals surface area (Å²) in [7, 11) is -4.25. The van der Waals surface area contributed by atoms with Gasteiger partial charge in [0, 0.05) is 0 Å². The molecule has 7 heteroatoms. The summed E-state index contributed by atoms with van der Waals surface area (Å²) in [4.78, 5) is 36.5. The first-order chi connectivity index (χ1) is 14.9. The van der Waals surface area contributed by atoms with Gasteiger partial charge in [0.1, 0.15) is 24.5 Å². The van der Waals surface area contributed by atoms with Gasteiger partial charge >= 0.3 is 11.9 Å². The zero-order valence-corrected chi connectivity index (χ0v) is 19.0. The first-order valence-corrected chi connectivity index (χ1v) is 12.4. The Hall–Kier alpha value is -2.43. The molecule has 0 saturated carbocycles. The van der Waals surface area contributed by atoms with E-state index in [1.807, 2.05) is 74.5 Å². The first kappa shape index (κ1) is 24.8. The molecule has 2 rings (SSSR count). The monoisotopic (exact) mass is 446 g/mol. The summed E-state index contributed by atoms with van der Waals surface area (Å²) in [5, 5.41) is 0. The van der Waals surface area contributed by atoms with Gasteiger partial charge in [-0.05, 0) is 24.0 Å². The molecule has 0 heterocycles. The number of ether oxygens (including phenoxy) is 2. The summed E-state index contributed by atoms with van der Waals surface area (Å²) in [6, 6.07) is 18.2. The second kappa shape index (κ2) is 12.4. The van der Waals surface area contributed by atoms with Gasteiger partial charge in [-0.15, -0.1) is 0 Å². The quantitative estimate of drug-likeness (QED) is 0.361. The molecule has 0 aliphatic heterocycles. The molecule has 0 bridgehead atoms. The van der Waals surface area contributed by atoms with E-state index in [-0.39, 0.29) is 26.1 Å². The molecule has 0 spiro atoms. The largest absolute Gasteiger partial charge is 0.460 e. The molecule has 2 atom stereocenters. The molecular weight excluding hydrogens is 415 g/mol.